The van der Waals surface area contributed by atoms with Crippen molar-refractivity contribution in [2.45, 2.75) is 44.1 Å². The summed E-state index contributed by atoms with van der Waals surface area (Å²) in [7, 11) is 0. The number of amides is 2. The highest BCUT2D eigenvalue weighted by Crippen LogP contribution is 2.51. The van der Waals surface area contributed by atoms with Crippen LogP contribution in [0.5, 0.6) is 0 Å². The van der Waals surface area contributed by atoms with Crippen LogP contribution >= 0.6 is 11.6 Å². The summed E-state index contributed by atoms with van der Waals surface area (Å²) in [4.78, 5) is 27.7. The first-order chi connectivity index (χ1) is 15.4. The number of hydrogen-bond acceptors (Lipinski definition) is 3. The molecule has 3 fully saturated rings. The van der Waals surface area contributed by atoms with E-state index < -0.39 is 47.0 Å². The van der Waals surface area contributed by atoms with Crippen LogP contribution < -0.4 is 0 Å². The molecule has 180 valence electrons. The molecule has 2 atom stereocenters. The first-order valence-electron chi connectivity index (χ1n) is 11.0. The number of hydrogen-bond donors (Lipinski definition) is 0. The largest absolute Gasteiger partial charge is 0.375 e. The number of nitrogens with zero attached hydrogens (tertiary/aromatic N) is 2. The molecule has 5 nitrogen and oxygen atoms in total. The molecule has 0 bridgehead atoms. The molecule has 1 spiro atoms. The Hall–Kier alpha value is -2.06. The Morgan fingerprint density at radius 2 is 1.91 bits per heavy atom. The Kier molecular flexibility index (Phi) is 6.06. The average molecular weight is 485 g/mol. The predicted octanol–water partition coefficient (Wildman–Crippen LogP) is 4.26. The van der Waals surface area contributed by atoms with E-state index in [1.54, 1.807) is 0 Å². The third kappa shape index (κ3) is 4.28. The molecule has 3 heterocycles. The quantitative estimate of drug-likeness (QED) is 0.602. The third-order valence-corrected chi connectivity index (χ3v) is 7.68. The molecule has 3 aliphatic rings. The van der Waals surface area contributed by atoms with E-state index in [1.807, 2.05) is 13.8 Å². The lowest BCUT2D eigenvalue weighted by molar-refractivity contribution is -0.224. The van der Waals surface area contributed by atoms with Crippen LogP contribution in [0.1, 0.15) is 38.2 Å². The van der Waals surface area contributed by atoms with Gasteiger partial charge < -0.3 is 14.5 Å². The van der Waals surface area contributed by atoms with Crippen molar-refractivity contribution in [1.29, 1.82) is 0 Å². The van der Waals surface area contributed by atoms with Gasteiger partial charge in [-0.3, -0.25) is 9.59 Å². The van der Waals surface area contributed by atoms with Gasteiger partial charge in [-0.2, -0.15) is 0 Å². The zero-order chi connectivity index (χ0) is 24.2. The Labute approximate surface area is 196 Å². The lowest BCUT2D eigenvalue weighted by Gasteiger charge is -2.57. The van der Waals surface area contributed by atoms with E-state index >= 15 is 8.78 Å². The summed E-state index contributed by atoms with van der Waals surface area (Å²) in [6, 6.07) is 4.01. The third-order valence-electron chi connectivity index (χ3n) is 7.34. The van der Waals surface area contributed by atoms with Crippen molar-refractivity contribution in [3.05, 3.63) is 47.3 Å². The highest BCUT2D eigenvalue weighted by molar-refractivity contribution is 6.31. The number of benzene rings is 1. The normalized spacial score (nSPS) is 27.7. The summed E-state index contributed by atoms with van der Waals surface area (Å²) in [6.07, 6.45) is 1.61. The smallest absolute Gasteiger partial charge is 0.274 e. The first-order valence-corrected chi connectivity index (χ1v) is 11.4. The van der Waals surface area contributed by atoms with E-state index in [2.05, 4.69) is 6.58 Å². The lowest BCUT2D eigenvalue weighted by atomic mass is 9.68. The van der Waals surface area contributed by atoms with Gasteiger partial charge in [0.2, 0.25) is 11.8 Å². The highest BCUT2D eigenvalue weighted by atomic mass is 35.5. The molecular formula is C24H28ClF3N2O3. The molecule has 9 heteroatoms. The van der Waals surface area contributed by atoms with Gasteiger partial charge in [-0.05, 0) is 56.5 Å². The maximum absolute atomic E-state index is 15.2. The Bertz CT molecular complexity index is 978. The fraction of sp³-hybridized carbons (Fsp3) is 0.583. The first kappa shape index (κ1) is 24.1. The second-order valence-corrected chi connectivity index (χ2v) is 10.5. The van der Waals surface area contributed by atoms with Crippen LogP contribution in [0, 0.1) is 17.2 Å². The second kappa shape index (κ2) is 8.31. The van der Waals surface area contributed by atoms with Crippen molar-refractivity contribution < 1.29 is 27.5 Å². The topological polar surface area (TPSA) is 49.9 Å². The maximum atomic E-state index is 15.2. The van der Waals surface area contributed by atoms with Crippen LogP contribution in [0.2, 0.25) is 5.02 Å². The minimum absolute atomic E-state index is 0.0399. The van der Waals surface area contributed by atoms with Crippen LogP contribution in [0.15, 0.2) is 30.9 Å². The van der Waals surface area contributed by atoms with Gasteiger partial charge in [-0.25, -0.2) is 13.2 Å². The number of halogens is 4. The van der Waals surface area contributed by atoms with Crippen LogP contribution in [-0.2, 0) is 14.3 Å². The van der Waals surface area contributed by atoms with E-state index in [4.69, 9.17) is 16.3 Å². The molecule has 1 aromatic carbocycles. The number of piperidine rings is 1. The Balaban J connectivity index is 1.54. The van der Waals surface area contributed by atoms with E-state index in [9.17, 15) is 14.0 Å². The van der Waals surface area contributed by atoms with E-state index in [0.29, 0.717) is 17.0 Å². The number of likely N-dealkylation sites (tertiary alicyclic amines) is 2. The summed E-state index contributed by atoms with van der Waals surface area (Å²) >= 11 is 6.35. The number of ether oxygens (including phenoxy) is 1. The monoisotopic (exact) mass is 484 g/mol. The molecule has 3 saturated heterocycles. The van der Waals surface area contributed by atoms with Gasteiger partial charge in [0.05, 0.1) is 30.1 Å². The summed E-state index contributed by atoms with van der Waals surface area (Å²) < 4.78 is 50.3. The molecule has 0 N–H and O–H groups in total. The van der Waals surface area contributed by atoms with Crippen LogP contribution in [0.3, 0.4) is 0 Å². The van der Waals surface area contributed by atoms with Crippen molar-refractivity contribution in [3.8, 4) is 0 Å². The maximum Gasteiger partial charge on any atom is 0.274 e. The average Bonchev–Trinajstić information content (AvgIpc) is 2.71. The molecule has 0 aliphatic carbocycles. The number of rotatable bonds is 3. The molecule has 4 rings (SSSR count). The van der Waals surface area contributed by atoms with Crippen molar-refractivity contribution in [1.82, 2.24) is 9.80 Å². The summed E-state index contributed by atoms with van der Waals surface area (Å²) in [5.41, 5.74) is -1.40. The predicted molar refractivity (Wildman–Crippen MR) is 118 cm³/mol. The minimum Gasteiger partial charge on any atom is -0.375 e. The van der Waals surface area contributed by atoms with Crippen molar-refractivity contribution in [3.63, 3.8) is 0 Å². The molecule has 1 aromatic rings. The standard InChI is InChI=1S/C24H28ClF3N2O3/c1-4-20(31)30-12-23(13-30)7-8-29(14-24(23,27)28)21(32)18-11-33-22(2,3)10-17(18)16-9-15(26)5-6-19(16)25/h4-6,9,17-18H,1,7-8,10-14H2,2-3H3/t17-,18-/m0/s1. The summed E-state index contributed by atoms with van der Waals surface area (Å²) in [6.45, 7) is 6.54. The zero-order valence-corrected chi connectivity index (χ0v) is 19.5. The highest BCUT2D eigenvalue weighted by Gasteiger charge is 2.64. The molecule has 0 aromatic heterocycles. The Morgan fingerprint density at radius 1 is 1.21 bits per heavy atom. The lowest BCUT2D eigenvalue weighted by Crippen LogP contribution is -2.71. The number of alkyl halides is 2. The van der Waals surface area contributed by atoms with Crippen molar-refractivity contribution >= 4 is 23.4 Å². The molecular weight excluding hydrogens is 457 g/mol. The molecule has 0 unspecified atom stereocenters. The Morgan fingerprint density at radius 3 is 2.55 bits per heavy atom. The zero-order valence-electron chi connectivity index (χ0n) is 18.8. The van der Waals surface area contributed by atoms with E-state index in [1.165, 1.54) is 28.0 Å². The second-order valence-electron chi connectivity index (χ2n) is 10.0. The van der Waals surface area contributed by atoms with Gasteiger partial charge in [-0.1, -0.05) is 18.2 Å². The van der Waals surface area contributed by atoms with Gasteiger partial charge in [0, 0.05) is 30.6 Å². The van der Waals surface area contributed by atoms with Gasteiger partial charge in [0.1, 0.15) is 5.82 Å². The van der Waals surface area contributed by atoms with Crippen LogP contribution in [0.25, 0.3) is 0 Å². The number of carbonyl (C=O) groups excluding carboxylic acids is 2. The van der Waals surface area contributed by atoms with Crippen LogP contribution in [-0.4, -0.2) is 65.9 Å². The molecule has 0 radical (unpaired) electrons. The fourth-order valence-electron chi connectivity index (χ4n) is 5.33. The summed E-state index contributed by atoms with van der Waals surface area (Å²) in [5.74, 6) is -5.63. The van der Waals surface area contributed by atoms with Gasteiger partial charge >= 0.3 is 0 Å². The van der Waals surface area contributed by atoms with Crippen molar-refractivity contribution in [2.75, 3.05) is 32.8 Å². The van der Waals surface area contributed by atoms with E-state index in [-0.39, 0.29) is 38.6 Å². The molecule has 33 heavy (non-hydrogen) atoms. The van der Waals surface area contributed by atoms with E-state index in [0.717, 1.165) is 6.08 Å². The molecule has 2 amide bonds. The van der Waals surface area contributed by atoms with Gasteiger partial charge in [0.25, 0.3) is 5.92 Å². The SMILES string of the molecule is C=CC(=O)N1CC2(CCN(C(=O)[C@H]3COC(C)(C)C[C@H]3c3cc(F)ccc3Cl)CC2(F)F)C1. The van der Waals surface area contributed by atoms with Crippen molar-refractivity contribution in [2.24, 2.45) is 11.3 Å². The van der Waals surface area contributed by atoms with Gasteiger partial charge in [-0.15, -0.1) is 0 Å². The summed E-state index contributed by atoms with van der Waals surface area (Å²) in [5, 5.41) is 0.335. The minimum atomic E-state index is -3.14. The molecule has 0 saturated carbocycles. The molecule has 3 aliphatic heterocycles. The number of carbonyl (C=O) groups is 2. The van der Waals surface area contributed by atoms with Crippen LogP contribution in [0.4, 0.5) is 13.2 Å². The van der Waals surface area contributed by atoms with Gasteiger partial charge in [0.15, 0.2) is 0 Å². The fourth-order valence-corrected chi connectivity index (χ4v) is 5.59.